The molecule has 0 saturated heterocycles. The molecule has 0 aliphatic rings. The number of carbonyl (C=O) groups excluding carboxylic acids is 1. The second kappa shape index (κ2) is 3.19. The monoisotopic (exact) mass is 148 g/mol. The summed E-state index contributed by atoms with van der Waals surface area (Å²) in [6, 6.07) is 7.58. The Labute approximate surface area is 66.2 Å². The van der Waals surface area contributed by atoms with E-state index in [0.29, 0.717) is 0 Å². The first kappa shape index (κ1) is 7.79. The van der Waals surface area contributed by atoms with Crippen molar-refractivity contribution in [3.63, 3.8) is 0 Å². The normalized spacial score (nSPS) is 9.27. The molecule has 0 atom stereocenters. The molecule has 1 aromatic carbocycles. The number of amides is 1. The van der Waals surface area contributed by atoms with E-state index in [9.17, 15) is 4.79 Å². The van der Waals surface area contributed by atoms with Crippen LogP contribution in [-0.4, -0.2) is 5.91 Å². The summed E-state index contributed by atoms with van der Waals surface area (Å²) in [5, 5.41) is 2.62. The zero-order chi connectivity index (χ0) is 8.27. The lowest BCUT2D eigenvalue weighted by molar-refractivity contribution is -0.112. The Kier molecular flexibility index (Phi) is 2.26. The van der Waals surface area contributed by atoms with Gasteiger partial charge in [0.05, 0.1) is 0 Å². The molecule has 0 aliphatic carbocycles. The standard InChI is InChI=1S/C9H10NO/c1-7-5-3-4-6-9(7)10-8(2)11/h3-6H,2H2,1H3,(H,10,11). The van der Waals surface area contributed by atoms with Crippen molar-refractivity contribution in [3.05, 3.63) is 36.8 Å². The van der Waals surface area contributed by atoms with E-state index in [4.69, 9.17) is 0 Å². The highest BCUT2D eigenvalue weighted by atomic mass is 16.1. The molecule has 1 rings (SSSR count). The summed E-state index contributed by atoms with van der Waals surface area (Å²) < 4.78 is 0. The third-order valence-electron chi connectivity index (χ3n) is 1.42. The summed E-state index contributed by atoms with van der Waals surface area (Å²) in [7, 11) is 0. The van der Waals surface area contributed by atoms with Crippen molar-refractivity contribution in [1.29, 1.82) is 0 Å². The first-order valence-corrected chi connectivity index (χ1v) is 3.39. The van der Waals surface area contributed by atoms with Gasteiger partial charge >= 0.3 is 0 Å². The van der Waals surface area contributed by atoms with Crippen molar-refractivity contribution >= 4 is 11.6 Å². The van der Waals surface area contributed by atoms with Crippen LogP contribution in [0.5, 0.6) is 0 Å². The number of nitrogens with one attached hydrogen (secondary N) is 1. The Balaban J connectivity index is 2.86. The van der Waals surface area contributed by atoms with E-state index in [1.165, 1.54) is 0 Å². The van der Waals surface area contributed by atoms with Crippen LogP contribution in [0.25, 0.3) is 0 Å². The molecular formula is C9H10NO. The van der Waals surface area contributed by atoms with Crippen LogP contribution in [0.1, 0.15) is 5.56 Å². The number of rotatable bonds is 1. The molecule has 1 radical (unpaired) electrons. The maximum Gasteiger partial charge on any atom is 0.224 e. The van der Waals surface area contributed by atoms with Crippen molar-refractivity contribution in [3.8, 4) is 0 Å². The fraction of sp³-hybridized carbons (Fsp3) is 0.111. The molecule has 0 bridgehead atoms. The van der Waals surface area contributed by atoms with Crippen LogP contribution in [0.2, 0.25) is 0 Å². The first-order chi connectivity index (χ1) is 5.20. The van der Waals surface area contributed by atoms with Gasteiger partial charge in [0.15, 0.2) is 0 Å². The number of benzene rings is 1. The molecular weight excluding hydrogens is 138 g/mol. The lowest BCUT2D eigenvalue weighted by Gasteiger charge is -2.03. The van der Waals surface area contributed by atoms with E-state index in [0.717, 1.165) is 11.3 Å². The Morgan fingerprint density at radius 3 is 2.64 bits per heavy atom. The van der Waals surface area contributed by atoms with Gasteiger partial charge in [-0.05, 0) is 18.6 Å². The van der Waals surface area contributed by atoms with Crippen LogP contribution in [0.3, 0.4) is 0 Å². The predicted octanol–water partition coefficient (Wildman–Crippen LogP) is 1.77. The fourth-order valence-corrected chi connectivity index (χ4v) is 0.863. The van der Waals surface area contributed by atoms with Gasteiger partial charge in [0.2, 0.25) is 5.91 Å². The number of aryl methyl sites for hydroxylation is 1. The van der Waals surface area contributed by atoms with Gasteiger partial charge in [0, 0.05) is 12.6 Å². The largest absolute Gasteiger partial charge is 0.326 e. The van der Waals surface area contributed by atoms with Crippen LogP contribution < -0.4 is 5.32 Å². The van der Waals surface area contributed by atoms with Crippen molar-refractivity contribution in [2.24, 2.45) is 0 Å². The van der Waals surface area contributed by atoms with Gasteiger partial charge in [-0.2, -0.15) is 0 Å². The van der Waals surface area contributed by atoms with E-state index in [1.807, 2.05) is 31.2 Å². The molecule has 0 fully saturated rings. The molecule has 2 nitrogen and oxygen atoms in total. The molecule has 0 heterocycles. The highest BCUT2D eigenvalue weighted by molar-refractivity contribution is 5.94. The minimum absolute atomic E-state index is 0.278. The Morgan fingerprint density at radius 1 is 1.45 bits per heavy atom. The number of hydrogen-bond donors (Lipinski definition) is 1. The first-order valence-electron chi connectivity index (χ1n) is 3.39. The topological polar surface area (TPSA) is 29.1 Å². The van der Waals surface area contributed by atoms with Crippen LogP contribution in [-0.2, 0) is 4.79 Å². The summed E-state index contributed by atoms with van der Waals surface area (Å²) in [4.78, 5) is 10.5. The summed E-state index contributed by atoms with van der Waals surface area (Å²) >= 11 is 0. The van der Waals surface area contributed by atoms with Gasteiger partial charge in [-0.15, -0.1) is 0 Å². The molecule has 1 N–H and O–H groups in total. The minimum atomic E-state index is -0.278. The molecule has 0 saturated carbocycles. The summed E-state index contributed by atoms with van der Waals surface area (Å²) in [5.41, 5.74) is 1.87. The van der Waals surface area contributed by atoms with Crippen molar-refractivity contribution in [2.45, 2.75) is 6.92 Å². The second-order valence-electron chi connectivity index (χ2n) is 2.36. The van der Waals surface area contributed by atoms with Gasteiger partial charge < -0.3 is 5.32 Å². The summed E-state index contributed by atoms with van der Waals surface area (Å²) in [5.74, 6) is -0.278. The molecule has 57 valence electrons. The highest BCUT2D eigenvalue weighted by Gasteiger charge is 1.96. The Hall–Kier alpha value is -1.31. The van der Waals surface area contributed by atoms with Crippen LogP contribution in [0.4, 0.5) is 5.69 Å². The number of anilines is 1. The van der Waals surface area contributed by atoms with Gasteiger partial charge in [-0.1, -0.05) is 18.2 Å². The smallest absolute Gasteiger partial charge is 0.224 e. The SMILES string of the molecule is [CH2]C(=O)Nc1ccccc1C. The summed E-state index contributed by atoms with van der Waals surface area (Å²) in [6.07, 6.45) is 0. The van der Waals surface area contributed by atoms with Crippen molar-refractivity contribution in [2.75, 3.05) is 5.32 Å². The molecule has 1 aromatic rings. The van der Waals surface area contributed by atoms with Gasteiger partial charge in [0.25, 0.3) is 0 Å². The zero-order valence-electron chi connectivity index (χ0n) is 6.42. The van der Waals surface area contributed by atoms with E-state index >= 15 is 0 Å². The Morgan fingerprint density at radius 2 is 2.09 bits per heavy atom. The van der Waals surface area contributed by atoms with Crippen molar-refractivity contribution in [1.82, 2.24) is 0 Å². The molecule has 0 spiro atoms. The lowest BCUT2D eigenvalue weighted by Crippen LogP contribution is -2.06. The fourth-order valence-electron chi connectivity index (χ4n) is 0.863. The number of carbonyl (C=O) groups is 1. The quantitative estimate of drug-likeness (QED) is 0.646. The highest BCUT2D eigenvalue weighted by Crippen LogP contribution is 2.12. The molecule has 0 aliphatic heterocycles. The van der Waals surface area contributed by atoms with Crippen LogP contribution in [0.15, 0.2) is 24.3 Å². The van der Waals surface area contributed by atoms with Gasteiger partial charge in [-0.3, -0.25) is 4.79 Å². The molecule has 1 amide bonds. The molecule has 11 heavy (non-hydrogen) atoms. The second-order valence-corrected chi connectivity index (χ2v) is 2.36. The van der Waals surface area contributed by atoms with E-state index in [-0.39, 0.29) is 5.91 Å². The third-order valence-corrected chi connectivity index (χ3v) is 1.42. The number of para-hydroxylation sites is 1. The average molecular weight is 148 g/mol. The van der Waals surface area contributed by atoms with Gasteiger partial charge in [0.1, 0.15) is 0 Å². The third kappa shape index (κ3) is 2.08. The maximum atomic E-state index is 10.5. The molecule has 2 heteroatoms. The van der Waals surface area contributed by atoms with Gasteiger partial charge in [-0.25, -0.2) is 0 Å². The zero-order valence-corrected chi connectivity index (χ0v) is 6.42. The van der Waals surface area contributed by atoms with Crippen LogP contribution in [0, 0.1) is 13.8 Å². The lowest BCUT2D eigenvalue weighted by atomic mass is 10.2. The average Bonchev–Trinajstić information content (AvgIpc) is 1.93. The predicted molar refractivity (Wildman–Crippen MR) is 45.2 cm³/mol. The summed E-state index contributed by atoms with van der Waals surface area (Å²) in [6.45, 7) is 5.16. The van der Waals surface area contributed by atoms with E-state index < -0.39 is 0 Å². The molecule has 0 aromatic heterocycles. The van der Waals surface area contributed by atoms with E-state index in [1.54, 1.807) is 0 Å². The molecule has 0 unspecified atom stereocenters. The number of hydrogen-bond acceptors (Lipinski definition) is 1. The maximum absolute atomic E-state index is 10.5. The Bertz CT molecular complexity index is 268. The van der Waals surface area contributed by atoms with Crippen molar-refractivity contribution < 1.29 is 4.79 Å². The van der Waals surface area contributed by atoms with Crippen LogP contribution >= 0.6 is 0 Å². The van der Waals surface area contributed by atoms with E-state index in [2.05, 4.69) is 12.2 Å². The minimum Gasteiger partial charge on any atom is -0.326 e.